The normalized spacial score (nSPS) is 10.8. The third-order valence-corrected chi connectivity index (χ3v) is 4.50. The average Bonchev–Trinajstić information content (AvgIpc) is 2.68. The largest absolute Gasteiger partial charge is 0.476 e. The summed E-state index contributed by atoms with van der Waals surface area (Å²) < 4.78 is 11.7. The fraction of sp³-hybridized carbons (Fsp3) is 0.273. The minimum absolute atomic E-state index is 0.0676. The molecule has 0 saturated carbocycles. The Bertz CT molecular complexity index is 1000. The summed E-state index contributed by atoms with van der Waals surface area (Å²) in [5.74, 6) is 0.242. The molecule has 0 unspecified atom stereocenters. The molecule has 0 bridgehead atoms. The van der Waals surface area contributed by atoms with E-state index in [1.807, 2.05) is 63.2 Å². The Kier molecular flexibility index (Phi) is 5.60. The van der Waals surface area contributed by atoms with Crippen molar-refractivity contribution in [1.29, 1.82) is 0 Å². The van der Waals surface area contributed by atoms with Crippen molar-refractivity contribution in [3.05, 3.63) is 64.3 Å². The standard InChI is InChI=1S/C22H23NO4/c1-4-23(5-2)19(24)14-26-22-20(25)17-12-11-15(3)13-18(17)27-21(22)16-9-7-6-8-10-16/h6-13H,4-5,14H2,1-3H3. The highest BCUT2D eigenvalue weighted by molar-refractivity contribution is 5.83. The number of amides is 1. The zero-order valence-corrected chi connectivity index (χ0v) is 15.8. The Morgan fingerprint density at radius 2 is 1.78 bits per heavy atom. The van der Waals surface area contributed by atoms with Crippen LogP contribution in [0.4, 0.5) is 0 Å². The molecule has 3 aromatic rings. The number of aryl methyl sites for hydroxylation is 1. The lowest BCUT2D eigenvalue weighted by Crippen LogP contribution is -2.35. The van der Waals surface area contributed by atoms with Gasteiger partial charge in [0.1, 0.15) is 5.58 Å². The first-order valence-electron chi connectivity index (χ1n) is 9.08. The molecular formula is C22H23NO4. The maximum Gasteiger partial charge on any atom is 0.260 e. The molecule has 0 aliphatic rings. The molecule has 1 amide bonds. The molecular weight excluding hydrogens is 342 g/mol. The second-order valence-electron chi connectivity index (χ2n) is 6.31. The summed E-state index contributed by atoms with van der Waals surface area (Å²) in [6.07, 6.45) is 0. The highest BCUT2D eigenvalue weighted by Gasteiger charge is 2.20. The Morgan fingerprint density at radius 3 is 2.44 bits per heavy atom. The van der Waals surface area contributed by atoms with Crippen LogP contribution in [0.3, 0.4) is 0 Å². The fourth-order valence-corrected chi connectivity index (χ4v) is 3.00. The van der Waals surface area contributed by atoms with Gasteiger partial charge in [0, 0.05) is 18.7 Å². The van der Waals surface area contributed by atoms with Gasteiger partial charge in [-0.2, -0.15) is 0 Å². The van der Waals surface area contributed by atoms with E-state index in [1.165, 1.54) is 0 Å². The van der Waals surface area contributed by atoms with Gasteiger partial charge in [-0.3, -0.25) is 9.59 Å². The van der Waals surface area contributed by atoms with Crippen molar-refractivity contribution in [2.75, 3.05) is 19.7 Å². The van der Waals surface area contributed by atoms with E-state index >= 15 is 0 Å². The zero-order chi connectivity index (χ0) is 19.4. The van der Waals surface area contributed by atoms with Crippen molar-refractivity contribution in [2.45, 2.75) is 20.8 Å². The number of carbonyl (C=O) groups excluding carboxylic acids is 1. The first-order valence-corrected chi connectivity index (χ1v) is 9.08. The molecule has 2 aromatic carbocycles. The number of hydrogen-bond acceptors (Lipinski definition) is 4. The van der Waals surface area contributed by atoms with Gasteiger partial charge in [-0.1, -0.05) is 36.4 Å². The fourth-order valence-electron chi connectivity index (χ4n) is 3.00. The SMILES string of the molecule is CCN(CC)C(=O)COc1c(-c2ccccc2)oc2cc(C)ccc2c1=O. The average molecular weight is 365 g/mol. The van der Waals surface area contributed by atoms with E-state index < -0.39 is 0 Å². The van der Waals surface area contributed by atoms with E-state index in [0.717, 1.165) is 11.1 Å². The summed E-state index contributed by atoms with van der Waals surface area (Å²) in [7, 11) is 0. The van der Waals surface area contributed by atoms with E-state index in [4.69, 9.17) is 9.15 Å². The number of ether oxygens (including phenoxy) is 1. The maximum atomic E-state index is 13.0. The van der Waals surface area contributed by atoms with Crippen LogP contribution in [-0.2, 0) is 4.79 Å². The van der Waals surface area contributed by atoms with Crippen molar-refractivity contribution >= 4 is 16.9 Å². The molecule has 5 heteroatoms. The van der Waals surface area contributed by atoms with Crippen LogP contribution in [0.5, 0.6) is 5.75 Å². The van der Waals surface area contributed by atoms with Crippen LogP contribution in [0.1, 0.15) is 19.4 Å². The molecule has 0 aliphatic heterocycles. The predicted octanol–water partition coefficient (Wildman–Crippen LogP) is 4.02. The number of fused-ring (bicyclic) bond motifs is 1. The summed E-state index contributed by atoms with van der Waals surface area (Å²) in [6, 6.07) is 14.7. The first-order chi connectivity index (χ1) is 13.0. The van der Waals surface area contributed by atoms with Gasteiger partial charge in [0.05, 0.1) is 5.39 Å². The Labute approximate surface area is 158 Å². The third kappa shape index (κ3) is 3.87. The minimum atomic E-state index is -0.276. The molecule has 0 radical (unpaired) electrons. The van der Waals surface area contributed by atoms with Crippen molar-refractivity contribution in [2.24, 2.45) is 0 Å². The second kappa shape index (κ2) is 8.08. The minimum Gasteiger partial charge on any atom is -0.476 e. The molecule has 1 heterocycles. The number of nitrogens with zero attached hydrogens (tertiary/aromatic N) is 1. The Hall–Kier alpha value is -3.08. The monoisotopic (exact) mass is 365 g/mol. The first kappa shape index (κ1) is 18.7. The molecule has 0 aliphatic carbocycles. The highest BCUT2D eigenvalue weighted by Crippen LogP contribution is 2.31. The van der Waals surface area contributed by atoms with E-state index in [1.54, 1.807) is 11.0 Å². The number of rotatable bonds is 6. The smallest absolute Gasteiger partial charge is 0.260 e. The van der Waals surface area contributed by atoms with Gasteiger partial charge in [0.25, 0.3) is 5.91 Å². The summed E-state index contributed by atoms with van der Waals surface area (Å²) in [5.41, 5.74) is 1.95. The molecule has 0 saturated heterocycles. The maximum absolute atomic E-state index is 13.0. The quantitative estimate of drug-likeness (QED) is 0.662. The second-order valence-corrected chi connectivity index (χ2v) is 6.31. The van der Waals surface area contributed by atoms with Crippen LogP contribution in [0.25, 0.3) is 22.3 Å². The summed E-state index contributed by atoms with van der Waals surface area (Å²) in [6.45, 7) is 6.73. The van der Waals surface area contributed by atoms with Crippen molar-refractivity contribution < 1.29 is 13.9 Å². The topological polar surface area (TPSA) is 59.8 Å². The van der Waals surface area contributed by atoms with E-state index in [0.29, 0.717) is 29.8 Å². The Balaban J connectivity index is 2.09. The Morgan fingerprint density at radius 1 is 1.07 bits per heavy atom. The lowest BCUT2D eigenvalue weighted by atomic mass is 10.1. The summed E-state index contributed by atoms with van der Waals surface area (Å²) in [4.78, 5) is 27.0. The molecule has 0 atom stereocenters. The number of benzene rings is 2. The lowest BCUT2D eigenvalue weighted by molar-refractivity contribution is -0.132. The van der Waals surface area contributed by atoms with E-state index in [9.17, 15) is 9.59 Å². The van der Waals surface area contributed by atoms with Gasteiger partial charge in [0.15, 0.2) is 12.4 Å². The van der Waals surface area contributed by atoms with Gasteiger partial charge >= 0.3 is 0 Å². The van der Waals surface area contributed by atoms with Crippen LogP contribution in [0.15, 0.2) is 57.7 Å². The van der Waals surface area contributed by atoms with E-state index in [-0.39, 0.29) is 23.7 Å². The predicted molar refractivity (Wildman–Crippen MR) is 106 cm³/mol. The van der Waals surface area contributed by atoms with Crippen molar-refractivity contribution in [3.63, 3.8) is 0 Å². The molecule has 5 nitrogen and oxygen atoms in total. The van der Waals surface area contributed by atoms with Gasteiger partial charge in [-0.25, -0.2) is 0 Å². The van der Waals surface area contributed by atoms with E-state index in [2.05, 4.69) is 0 Å². The molecule has 0 N–H and O–H groups in total. The highest BCUT2D eigenvalue weighted by atomic mass is 16.5. The number of likely N-dealkylation sites (N-methyl/N-ethyl adjacent to an activating group) is 1. The summed E-state index contributed by atoms with van der Waals surface area (Å²) >= 11 is 0. The van der Waals surface area contributed by atoms with Gasteiger partial charge in [0.2, 0.25) is 11.2 Å². The number of hydrogen-bond donors (Lipinski definition) is 0. The van der Waals surface area contributed by atoms with Crippen LogP contribution >= 0.6 is 0 Å². The van der Waals surface area contributed by atoms with Crippen LogP contribution < -0.4 is 10.2 Å². The van der Waals surface area contributed by atoms with Gasteiger partial charge in [-0.15, -0.1) is 0 Å². The van der Waals surface area contributed by atoms with Crippen LogP contribution in [0, 0.1) is 6.92 Å². The van der Waals surface area contributed by atoms with Crippen LogP contribution in [0.2, 0.25) is 0 Å². The molecule has 140 valence electrons. The van der Waals surface area contributed by atoms with Gasteiger partial charge < -0.3 is 14.1 Å². The van der Waals surface area contributed by atoms with Crippen molar-refractivity contribution in [1.82, 2.24) is 4.90 Å². The summed E-state index contributed by atoms with van der Waals surface area (Å²) in [5, 5.41) is 0.436. The molecule has 0 spiro atoms. The number of carbonyl (C=O) groups is 1. The molecule has 27 heavy (non-hydrogen) atoms. The van der Waals surface area contributed by atoms with Gasteiger partial charge in [-0.05, 0) is 38.5 Å². The van der Waals surface area contributed by atoms with Crippen LogP contribution in [-0.4, -0.2) is 30.5 Å². The third-order valence-electron chi connectivity index (χ3n) is 4.50. The molecule has 3 rings (SSSR count). The molecule has 0 fully saturated rings. The lowest BCUT2D eigenvalue weighted by Gasteiger charge is -2.19. The molecule has 1 aromatic heterocycles. The van der Waals surface area contributed by atoms with Crippen molar-refractivity contribution in [3.8, 4) is 17.1 Å². The zero-order valence-electron chi connectivity index (χ0n) is 15.8.